The lowest BCUT2D eigenvalue weighted by molar-refractivity contribution is 0.0952. The van der Waals surface area contributed by atoms with Crippen molar-refractivity contribution in [2.75, 3.05) is 20.3 Å². The van der Waals surface area contributed by atoms with Crippen LogP contribution in [0.1, 0.15) is 21.8 Å². The van der Waals surface area contributed by atoms with Crippen LogP contribution in [-0.4, -0.2) is 35.9 Å². The van der Waals surface area contributed by atoms with Gasteiger partial charge in [-0.1, -0.05) is 0 Å². The molecule has 0 radical (unpaired) electrons. The molecule has 98 valence electrons. The highest BCUT2D eigenvalue weighted by atomic mass is 32.1. The summed E-state index contributed by atoms with van der Waals surface area (Å²) in [6.07, 6.45) is 0.827. The van der Waals surface area contributed by atoms with Crippen molar-refractivity contribution < 1.29 is 9.53 Å². The van der Waals surface area contributed by atoms with Crippen LogP contribution in [0, 0.1) is 6.92 Å². The first-order valence-electron chi connectivity index (χ1n) is 5.83. The maximum Gasteiger partial charge on any atom is 0.261 e. The van der Waals surface area contributed by atoms with Crippen molar-refractivity contribution in [2.24, 2.45) is 7.05 Å². The molecule has 2 aromatic rings. The highest BCUT2D eigenvalue weighted by Gasteiger charge is 2.14. The number of methoxy groups -OCH3 is 1. The van der Waals surface area contributed by atoms with E-state index >= 15 is 0 Å². The molecule has 1 N–H and O–H groups in total. The Morgan fingerprint density at radius 2 is 2.39 bits per heavy atom. The van der Waals surface area contributed by atoms with Gasteiger partial charge >= 0.3 is 0 Å². The molecule has 0 spiro atoms. The van der Waals surface area contributed by atoms with Crippen LogP contribution >= 0.6 is 11.3 Å². The number of ether oxygens (including phenoxy) is 1. The van der Waals surface area contributed by atoms with Crippen LogP contribution in [0.25, 0.3) is 10.2 Å². The minimum absolute atomic E-state index is 0.0216. The predicted molar refractivity (Wildman–Crippen MR) is 72.2 cm³/mol. The third kappa shape index (κ3) is 2.54. The summed E-state index contributed by atoms with van der Waals surface area (Å²) in [5.74, 6) is -0.0216. The molecule has 2 heterocycles. The van der Waals surface area contributed by atoms with Crippen LogP contribution in [0.15, 0.2) is 6.07 Å². The lowest BCUT2D eigenvalue weighted by Gasteiger charge is -2.02. The average Bonchev–Trinajstić information content (AvgIpc) is 2.88. The Hall–Kier alpha value is -1.40. The van der Waals surface area contributed by atoms with Gasteiger partial charge in [0, 0.05) is 32.7 Å². The zero-order valence-corrected chi connectivity index (χ0v) is 11.6. The van der Waals surface area contributed by atoms with Crippen molar-refractivity contribution in [3.8, 4) is 0 Å². The molecule has 1 amide bonds. The molecule has 0 fully saturated rings. The van der Waals surface area contributed by atoms with Crippen molar-refractivity contribution in [3.05, 3.63) is 16.6 Å². The van der Waals surface area contributed by atoms with Crippen LogP contribution in [0.5, 0.6) is 0 Å². The largest absolute Gasteiger partial charge is 0.385 e. The van der Waals surface area contributed by atoms with E-state index in [1.54, 1.807) is 7.11 Å². The van der Waals surface area contributed by atoms with E-state index in [9.17, 15) is 4.79 Å². The number of rotatable bonds is 5. The molecule has 0 unspecified atom stereocenters. The summed E-state index contributed by atoms with van der Waals surface area (Å²) in [5, 5.41) is 8.26. The molecule has 5 nitrogen and oxygen atoms in total. The van der Waals surface area contributed by atoms with Gasteiger partial charge in [-0.3, -0.25) is 9.48 Å². The quantitative estimate of drug-likeness (QED) is 0.839. The first-order chi connectivity index (χ1) is 8.63. The monoisotopic (exact) mass is 267 g/mol. The number of hydrogen-bond acceptors (Lipinski definition) is 4. The fourth-order valence-electron chi connectivity index (χ4n) is 1.82. The first kappa shape index (κ1) is 13.0. The Morgan fingerprint density at radius 3 is 3.06 bits per heavy atom. The number of amides is 1. The van der Waals surface area contributed by atoms with Gasteiger partial charge in [-0.2, -0.15) is 5.10 Å². The van der Waals surface area contributed by atoms with Gasteiger partial charge in [-0.05, 0) is 19.4 Å². The van der Waals surface area contributed by atoms with Gasteiger partial charge in [0.15, 0.2) is 0 Å². The van der Waals surface area contributed by atoms with E-state index < -0.39 is 0 Å². The third-order valence-corrected chi connectivity index (χ3v) is 3.93. The second-order valence-electron chi connectivity index (χ2n) is 4.14. The fraction of sp³-hybridized carbons (Fsp3) is 0.500. The number of carbonyl (C=O) groups excluding carboxylic acids is 1. The van der Waals surface area contributed by atoms with Crippen LogP contribution in [-0.2, 0) is 11.8 Å². The zero-order valence-electron chi connectivity index (χ0n) is 10.8. The molecular weight excluding hydrogens is 250 g/mol. The molecule has 18 heavy (non-hydrogen) atoms. The van der Waals surface area contributed by atoms with Gasteiger partial charge in [0.2, 0.25) is 0 Å². The molecule has 0 saturated heterocycles. The molecule has 0 aliphatic heterocycles. The molecule has 0 atom stereocenters. The van der Waals surface area contributed by atoms with Crippen LogP contribution in [0.4, 0.5) is 0 Å². The summed E-state index contributed by atoms with van der Waals surface area (Å²) in [6.45, 7) is 3.25. The van der Waals surface area contributed by atoms with E-state index in [0.29, 0.717) is 13.2 Å². The van der Waals surface area contributed by atoms with Crippen molar-refractivity contribution >= 4 is 27.5 Å². The smallest absolute Gasteiger partial charge is 0.261 e. The highest BCUT2D eigenvalue weighted by molar-refractivity contribution is 7.20. The number of fused-ring (bicyclic) bond motifs is 1. The van der Waals surface area contributed by atoms with Crippen molar-refractivity contribution in [3.63, 3.8) is 0 Å². The van der Waals surface area contributed by atoms with Crippen molar-refractivity contribution in [1.29, 1.82) is 0 Å². The number of nitrogens with one attached hydrogen (secondary N) is 1. The Morgan fingerprint density at radius 1 is 1.61 bits per heavy atom. The maximum atomic E-state index is 11.9. The second kappa shape index (κ2) is 5.49. The maximum absolute atomic E-state index is 11.9. The molecule has 0 saturated carbocycles. The van der Waals surface area contributed by atoms with Gasteiger partial charge in [-0.25, -0.2) is 0 Å². The summed E-state index contributed by atoms with van der Waals surface area (Å²) in [7, 11) is 3.55. The number of aromatic nitrogens is 2. The number of thiophene rings is 1. The van der Waals surface area contributed by atoms with Crippen LogP contribution in [0.2, 0.25) is 0 Å². The normalized spacial score (nSPS) is 11.1. The van der Waals surface area contributed by atoms with Gasteiger partial charge in [-0.15, -0.1) is 11.3 Å². The molecule has 0 aliphatic carbocycles. The van der Waals surface area contributed by atoms with Crippen molar-refractivity contribution in [2.45, 2.75) is 13.3 Å². The minimum atomic E-state index is -0.0216. The molecule has 0 bridgehead atoms. The molecule has 2 aromatic heterocycles. The lowest BCUT2D eigenvalue weighted by Crippen LogP contribution is -2.24. The summed E-state index contributed by atoms with van der Waals surface area (Å²) in [6, 6.07) is 1.91. The van der Waals surface area contributed by atoms with Crippen LogP contribution in [0.3, 0.4) is 0 Å². The van der Waals surface area contributed by atoms with E-state index in [1.807, 2.05) is 24.7 Å². The summed E-state index contributed by atoms with van der Waals surface area (Å²) < 4.78 is 6.75. The Kier molecular flexibility index (Phi) is 3.98. The van der Waals surface area contributed by atoms with Gasteiger partial charge in [0.25, 0.3) is 5.91 Å². The van der Waals surface area contributed by atoms with E-state index in [2.05, 4.69) is 10.4 Å². The van der Waals surface area contributed by atoms with E-state index in [1.165, 1.54) is 11.3 Å². The summed E-state index contributed by atoms with van der Waals surface area (Å²) in [4.78, 5) is 13.7. The molecule has 0 aliphatic rings. The molecule has 0 aromatic carbocycles. The topological polar surface area (TPSA) is 56.1 Å². The number of hydrogen-bond donors (Lipinski definition) is 1. The Labute approximate surface area is 110 Å². The Balaban J connectivity index is 2.06. The van der Waals surface area contributed by atoms with E-state index in [4.69, 9.17) is 4.74 Å². The number of aryl methyl sites for hydroxylation is 2. The lowest BCUT2D eigenvalue weighted by atomic mass is 10.3. The van der Waals surface area contributed by atoms with Gasteiger partial charge in [0.05, 0.1) is 10.6 Å². The van der Waals surface area contributed by atoms with E-state index in [-0.39, 0.29) is 5.91 Å². The first-order valence-corrected chi connectivity index (χ1v) is 6.65. The molecular formula is C12H17N3O2S. The fourth-order valence-corrected chi connectivity index (χ4v) is 2.86. The van der Waals surface area contributed by atoms with Gasteiger partial charge < -0.3 is 10.1 Å². The Bertz CT molecular complexity index is 524. The molecule has 6 heteroatoms. The third-order valence-electron chi connectivity index (χ3n) is 2.73. The number of carbonyl (C=O) groups is 1. The number of nitrogens with zero attached hydrogens (tertiary/aromatic N) is 2. The summed E-state index contributed by atoms with van der Waals surface area (Å²) in [5.41, 5.74) is 0.960. The average molecular weight is 267 g/mol. The van der Waals surface area contributed by atoms with Gasteiger partial charge in [0.1, 0.15) is 4.83 Å². The minimum Gasteiger partial charge on any atom is -0.385 e. The highest BCUT2D eigenvalue weighted by Crippen LogP contribution is 2.27. The zero-order chi connectivity index (χ0) is 13.1. The van der Waals surface area contributed by atoms with E-state index in [0.717, 1.165) is 27.2 Å². The molecule has 2 rings (SSSR count). The van der Waals surface area contributed by atoms with Crippen molar-refractivity contribution in [1.82, 2.24) is 15.1 Å². The SMILES string of the molecule is COCCCNC(=O)c1cc2c(C)nn(C)c2s1. The van der Waals surface area contributed by atoms with Crippen LogP contribution < -0.4 is 5.32 Å². The summed E-state index contributed by atoms with van der Waals surface area (Å²) >= 11 is 1.47. The second-order valence-corrected chi connectivity index (χ2v) is 5.17. The standard InChI is InChI=1S/C12H17N3O2S/c1-8-9-7-10(18-12(9)15(2)14-8)11(16)13-5-4-6-17-3/h7H,4-6H2,1-3H3,(H,13,16). The predicted octanol–water partition coefficient (Wildman–Crippen LogP) is 1.71.